The van der Waals surface area contributed by atoms with Crippen LogP contribution in [0.3, 0.4) is 0 Å². The number of amides is 2. The molecule has 0 aliphatic carbocycles. The molecule has 1 saturated heterocycles. The maximum absolute atomic E-state index is 11.9. The zero-order chi connectivity index (χ0) is 15.8. The van der Waals surface area contributed by atoms with Gasteiger partial charge in [0, 0.05) is 24.7 Å². The Labute approximate surface area is 137 Å². The molecule has 1 aromatic rings. The molecular weight excluding hydrogens is 302 g/mol. The van der Waals surface area contributed by atoms with Crippen LogP contribution in [0, 0.1) is 0 Å². The van der Waals surface area contributed by atoms with Gasteiger partial charge in [0.15, 0.2) is 0 Å². The number of rotatable bonds is 6. The van der Waals surface area contributed by atoms with E-state index in [1.54, 1.807) is 0 Å². The maximum Gasteiger partial charge on any atom is 0.315 e. The summed E-state index contributed by atoms with van der Waals surface area (Å²) < 4.78 is 5.31. The Balaban J connectivity index is 1.62. The molecule has 1 aliphatic rings. The third-order valence-corrected chi connectivity index (χ3v) is 3.97. The Kier molecular flexibility index (Phi) is 6.96. The highest BCUT2D eigenvalue weighted by atomic mass is 35.5. The minimum Gasteiger partial charge on any atom is -0.379 e. The summed E-state index contributed by atoms with van der Waals surface area (Å²) in [6.07, 6.45) is 0.943. The molecule has 1 fully saturated rings. The highest BCUT2D eigenvalue weighted by molar-refractivity contribution is 6.30. The van der Waals surface area contributed by atoms with Crippen molar-refractivity contribution in [2.75, 3.05) is 39.4 Å². The molecule has 5 nitrogen and oxygen atoms in total. The lowest BCUT2D eigenvalue weighted by Gasteiger charge is -2.26. The molecule has 6 heteroatoms. The van der Waals surface area contributed by atoms with E-state index >= 15 is 0 Å². The molecule has 1 unspecified atom stereocenters. The first kappa shape index (κ1) is 17.1. The number of urea groups is 1. The van der Waals surface area contributed by atoms with E-state index in [9.17, 15) is 4.79 Å². The lowest BCUT2D eigenvalue weighted by molar-refractivity contribution is 0.0375. The zero-order valence-corrected chi connectivity index (χ0v) is 13.7. The molecule has 0 bridgehead atoms. The summed E-state index contributed by atoms with van der Waals surface area (Å²) in [5.41, 5.74) is 0.996. The van der Waals surface area contributed by atoms with Gasteiger partial charge in [-0.1, -0.05) is 23.7 Å². The van der Waals surface area contributed by atoms with Gasteiger partial charge in [-0.15, -0.1) is 0 Å². The maximum atomic E-state index is 11.9. The summed E-state index contributed by atoms with van der Waals surface area (Å²) in [6, 6.07) is 7.31. The number of nitrogens with one attached hydrogen (secondary N) is 2. The van der Waals surface area contributed by atoms with E-state index in [2.05, 4.69) is 15.5 Å². The van der Waals surface area contributed by atoms with Crippen molar-refractivity contribution < 1.29 is 9.53 Å². The van der Waals surface area contributed by atoms with Gasteiger partial charge in [0.2, 0.25) is 0 Å². The van der Waals surface area contributed by atoms with Crippen LogP contribution in [0.25, 0.3) is 0 Å². The second-order valence-electron chi connectivity index (χ2n) is 5.48. The molecule has 0 spiro atoms. The number of hydrogen-bond acceptors (Lipinski definition) is 3. The minimum atomic E-state index is -0.144. The smallest absolute Gasteiger partial charge is 0.315 e. The third kappa shape index (κ3) is 5.83. The molecule has 0 radical (unpaired) electrons. The number of nitrogens with zero attached hydrogens (tertiary/aromatic N) is 1. The van der Waals surface area contributed by atoms with Gasteiger partial charge in [0.1, 0.15) is 0 Å². The molecule has 2 amide bonds. The Morgan fingerprint density at radius 2 is 2.18 bits per heavy atom. The van der Waals surface area contributed by atoms with Crippen molar-refractivity contribution in [2.24, 2.45) is 0 Å². The average Bonchev–Trinajstić information content (AvgIpc) is 2.52. The van der Waals surface area contributed by atoms with Crippen molar-refractivity contribution >= 4 is 17.6 Å². The van der Waals surface area contributed by atoms with E-state index in [0.29, 0.717) is 11.6 Å². The monoisotopic (exact) mass is 325 g/mol. The van der Waals surface area contributed by atoms with Crippen molar-refractivity contribution in [3.05, 3.63) is 34.9 Å². The van der Waals surface area contributed by atoms with Crippen LogP contribution in [-0.2, 0) is 4.74 Å². The molecular formula is C16H24ClN3O2. The fourth-order valence-corrected chi connectivity index (χ4v) is 2.64. The van der Waals surface area contributed by atoms with Crippen LogP contribution in [0.1, 0.15) is 24.9 Å². The lowest BCUT2D eigenvalue weighted by atomic mass is 10.1. The van der Waals surface area contributed by atoms with Crippen molar-refractivity contribution in [3.8, 4) is 0 Å². The fourth-order valence-electron chi connectivity index (χ4n) is 2.44. The van der Waals surface area contributed by atoms with Crippen LogP contribution in [0.2, 0.25) is 5.02 Å². The molecule has 1 heterocycles. The Bertz CT molecular complexity index is 478. The van der Waals surface area contributed by atoms with Gasteiger partial charge in [-0.05, 0) is 37.6 Å². The number of halogens is 1. The fraction of sp³-hybridized carbons (Fsp3) is 0.562. The standard InChI is InChI=1S/C16H24ClN3O2/c1-13(14-4-2-5-15(17)12-14)19-16(21)18-6-3-7-20-8-10-22-11-9-20/h2,4-5,12-13H,3,6-11H2,1H3,(H2,18,19,21). The van der Waals surface area contributed by atoms with Crippen molar-refractivity contribution in [3.63, 3.8) is 0 Å². The van der Waals surface area contributed by atoms with Crippen LogP contribution in [0.4, 0.5) is 4.79 Å². The second-order valence-corrected chi connectivity index (χ2v) is 5.92. The number of morpholine rings is 1. The summed E-state index contributed by atoms with van der Waals surface area (Å²) in [7, 11) is 0. The van der Waals surface area contributed by atoms with Crippen molar-refractivity contribution in [1.82, 2.24) is 15.5 Å². The minimum absolute atomic E-state index is 0.0713. The first-order chi connectivity index (χ1) is 10.6. The highest BCUT2D eigenvalue weighted by Gasteiger charge is 2.11. The zero-order valence-electron chi connectivity index (χ0n) is 13.0. The summed E-state index contributed by atoms with van der Waals surface area (Å²) in [5, 5.41) is 6.49. The molecule has 122 valence electrons. The van der Waals surface area contributed by atoms with E-state index < -0.39 is 0 Å². The van der Waals surface area contributed by atoms with Gasteiger partial charge in [-0.25, -0.2) is 4.79 Å². The summed E-state index contributed by atoms with van der Waals surface area (Å²) in [4.78, 5) is 14.2. The van der Waals surface area contributed by atoms with Crippen molar-refractivity contribution in [1.29, 1.82) is 0 Å². The van der Waals surface area contributed by atoms with Crippen LogP contribution in [0.15, 0.2) is 24.3 Å². The van der Waals surface area contributed by atoms with Gasteiger partial charge < -0.3 is 15.4 Å². The van der Waals surface area contributed by atoms with Gasteiger partial charge in [0.05, 0.1) is 19.3 Å². The highest BCUT2D eigenvalue weighted by Crippen LogP contribution is 2.17. The van der Waals surface area contributed by atoms with Crippen LogP contribution in [0.5, 0.6) is 0 Å². The number of carbonyl (C=O) groups is 1. The molecule has 22 heavy (non-hydrogen) atoms. The quantitative estimate of drug-likeness (QED) is 0.790. The lowest BCUT2D eigenvalue weighted by Crippen LogP contribution is -2.40. The first-order valence-corrected chi connectivity index (χ1v) is 8.13. The molecule has 2 rings (SSSR count). The van der Waals surface area contributed by atoms with Crippen LogP contribution in [-0.4, -0.2) is 50.3 Å². The van der Waals surface area contributed by atoms with Crippen molar-refractivity contribution in [2.45, 2.75) is 19.4 Å². The molecule has 0 aromatic heterocycles. The Morgan fingerprint density at radius 3 is 2.91 bits per heavy atom. The Hall–Kier alpha value is -1.30. The largest absolute Gasteiger partial charge is 0.379 e. The Morgan fingerprint density at radius 1 is 1.41 bits per heavy atom. The van der Waals surface area contributed by atoms with E-state index in [-0.39, 0.29) is 12.1 Å². The molecule has 1 aliphatic heterocycles. The van der Waals surface area contributed by atoms with Gasteiger partial charge in [0.25, 0.3) is 0 Å². The van der Waals surface area contributed by atoms with E-state index in [4.69, 9.17) is 16.3 Å². The first-order valence-electron chi connectivity index (χ1n) is 7.75. The average molecular weight is 326 g/mol. The van der Waals surface area contributed by atoms with E-state index in [1.807, 2.05) is 31.2 Å². The SMILES string of the molecule is CC(NC(=O)NCCCN1CCOCC1)c1cccc(Cl)c1. The normalized spacial score (nSPS) is 17.0. The van der Waals surface area contributed by atoms with Gasteiger partial charge >= 0.3 is 6.03 Å². The summed E-state index contributed by atoms with van der Waals surface area (Å²) in [6.45, 7) is 7.20. The number of carbonyl (C=O) groups excluding carboxylic acids is 1. The topological polar surface area (TPSA) is 53.6 Å². The summed E-state index contributed by atoms with van der Waals surface area (Å²) in [5.74, 6) is 0. The molecule has 0 saturated carbocycles. The third-order valence-electron chi connectivity index (χ3n) is 3.74. The van der Waals surface area contributed by atoms with E-state index in [1.165, 1.54) is 0 Å². The second kappa shape index (κ2) is 8.98. The van der Waals surface area contributed by atoms with Crippen LogP contribution >= 0.6 is 11.6 Å². The van der Waals surface area contributed by atoms with Gasteiger partial charge in [-0.3, -0.25) is 4.90 Å². The van der Waals surface area contributed by atoms with Crippen LogP contribution < -0.4 is 10.6 Å². The number of benzene rings is 1. The predicted octanol–water partition coefficient (Wildman–Crippen LogP) is 2.42. The van der Waals surface area contributed by atoms with E-state index in [0.717, 1.165) is 44.8 Å². The molecule has 1 atom stereocenters. The van der Waals surface area contributed by atoms with Gasteiger partial charge in [-0.2, -0.15) is 0 Å². The summed E-state index contributed by atoms with van der Waals surface area (Å²) >= 11 is 5.96. The number of ether oxygens (including phenoxy) is 1. The predicted molar refractivity (Wildman–Crippen MR) is 88.3 cm³/mol. The molecule has 2 N–H and O–H groups in total. The molecule has 1 aromatic carbocycles. The number of hydrogen-bond donors (Lipinski definition) is 2.